The van der Waals surface area contributed by atoms with Crippen molar-refractivity contribution < 1.29 is 33.4 Å². The van der Waals surface area contributed by atoms with Crippen molar-refractivity contribution in [1.29, 1.82) is 0 Å². The highest BCUT2D eigenvalue weighted by Crippen LogP contribution is 2.17. The number of rotatable bonds is 14. The maximum Gasteiger partial charge on any atom is 0.408 e. The molecule has 4 amide bonds. The van der Waals surface area contributed by atoms with Gasteiger partial charge in [-0.2, -0.15) is 0 Å². The summed E-state index contributed by atoms with van der Waals surface area (Å²) in [4.78, 5) is 63.0. The smallest absolute Gasteiger partial charge is 0.408 e. The Morgan fingerprint density at radius 2 is 1.73 bits per heavy atom. The van der Waals surface area contributed by atoms with Crippen LogP contribution in [0.2, 0.25) is 0 Å². The van der Waals surface area contributed by atoms with Crippen LogP contribution >= 0.6 is 0 Å². The second-order valence-corrected chi connectivity index (χ2v) is 11.6. The molecule has 1 aliphatic heterocycles. The molecule has 0 saturated carbocycles. The molecular weight excluding hydrogens is 516 g/mol. The van der Waals surface area contributed by atoms with Gasteiger partial charge in [0, 0.05) is 12.5 Å². The van der Waals surface area contributed by atoms with Crippen LogP contribution in [0, 0.1) is 11.8 Å². The monoisotopic (exact) mass is 560 g/mol. The van der Waals surface area contributed by atoms with Gasteiger partial charge in [-0.25, -0.2) is 4.79 Å². The number of nitrogens with one attached hydrogen (secondary N) is 4. The quantitative estimate of drug-likeness (QED) is 0.255. The van der Waals surface area contributed by atoms with Crippen LogP contribution in [-0.2, 0) is 35.3 Å². The highest BCUT2D eigenvalue weighted by molar-refractivity contribution is 5.92. The standard InChI is InChI=1S/C29H44N4O7/c1-18(2)14-23(26(36)31-22(16-34)15-21-12-13-30-25(21)35)32-27(37)24(19(3)40-29(4,5)6)33-28(38)39-17-20-10-8-7-9-11-20/h7-11,16,18-19,21-24H,12-15,17H2,1-6H3,(H,30,35)(H,31,36)(H,32,37)(H,33,38)/t19-,21+,22+,23+,24+/m1/s1. The van der Waals surface area contributed by atoms with Crippen LogP contribution in [0.4, 0.5) is 4.79 Å². The van der Waals surface area contributed by atoms with E-state index < -0.39 is 47.7 Å². The number of amides is 4. The predicted molar refractivity (Wildman–Crippen MR) is 149 cm³/mol. The van der Waals surface area contributed by atoms with Crippen LogP contribution in [-0.4, -0.2) is 66.5 Å². The van der Waals surface area contributed by atoms with E-state index in [1.54, 1.807) is 6.92 Å². The summed E-state index contributed by atoms with van der Waals surface area (Å²) < 4.78 is 11.3. The lowest BCUT2D eigenvalue weighted by atomic mass is 9.97. The molecule has 1 heterocycles. The van der Waals surface area contributed by atoms with Gasteiger partial charge >= 0.3 is 6.09 Å². The van der Waals surface area contributed by atoms with E-state index >= 15 is 0 Å². The number of benzene rings is 1. The fourth-order valence-corrected chi connectivity index (χ4v) is 4.49. The van der Waals surface area contributed by atoms with E-state index in [9.17, 15) is 24.0 Å². The van der Waals surface area contributed by atoms with Crippen molar-refractivity contribution in [1.82, 2.24) is 21.3 Å². The summed E-state index contributed by atoms with van der Waals surface area (Å²) in [5, 5.41) is 10.7. The van der Waals surface area contributed by atoms with Gasteiger partial charge in [0.25, 0.3) is 0 Å². The molecule has 0 aromatic heterocycles. The van der Waals surface area contributed by atoms with Crippen molar-refractivity contribution in [3.8, 4) is 0 Å². The summed E-state index contributed by atoms with van der Waals surface area (Å²) >= 11 is 0. The van der Waals surface area contributed by atoms with Crippen molar-refractivity contribution in [2.24, 2.45) is 11.8 Å². The zero-order chi connectivity index (χ0) is 29.9. The first kappa shape index (κ1) is 32.7. The van der Waals surface area contributed by atoms with Gasteiger partial charge in [-0.15, -0.1) is 0 Å². The van der Waals surface area contributed by atoms with Crippen LogP contribution in [0.25, 0.3) is 0 Å². The molecule has 0 spiro atoms. The molecule has 4 N–H and O–H groups in total. The Bertz CT molecular complexity index is 1010. The topological polar surface area (TPSA) is 152 Å². The lowest BCUT2D eigenvalue weighted by Crippen LogP contribution is -2.59. The van der Waals surface area contributed by atoms with E-state index in [-0.39, 0.29) is 37.2 Å². The molecule has 11 heteroatoms. The number of aldehydes is 1. The summed E-state index contributed by atoms with van der Waals surface area (Å²) in [5.74, 6) is -1.66. The molecular formula is C29H44N4O7. The van der Waals surface area contributed by atoms with Gasteiger partial charge in [0.05, 0.1) is 17.7 Å². The first-order valence-corrected chi connectivity index (χ1v) is 13.8. The first-order valence-electron chi connectivity index (χ1n) is 13.8. The minimum Gasteiger partial charge on any atom is -0.445 e. The molecule has 1 saturated heterocycles. The highest BCUT2D eigenvalue weighted by Gasteiger charge is 2.35. The number of carbonyl (C=O) groups excluding carboxylic acids is 5. The van der Waals surface area contributed by atoms with Gasteiger partial charge in [-0.1, -0.05) is 44.2 Å². The number of carbonyl (C=O) groups is 5. The Morgan fingerprint density at radius 3 is 2.27 bits per heavy atom. The average molecular weight is 561 g/mol. The van der Waals surface area contributed by atoms with E-state index in [0.29, 0.717) is 19.3 Å². The molecule has 11 nitrogen and oxygen atoms in total. The molecule has 0 aliphatic carbocycles. The summed E-state index contributed by atoms with van der Waals surface area (Å²) in [6.07, 6.45) is 0.0726. The Labute approximate surface area is 236 Å². The molecule has 0 bridgehead atoms. The minimum absolute atomic E-state index is 0.0139. The summed E-state index contributed by atoms with van der Waals surface area (Å²) in [5.41, 5.74) is 0.164. The van der Waals surface area contributed by atoms with Gasteiger partial charge in [0.1, 0.15) is 25.0 Å². The summed E-state index contributed by atoms with van der Waals surface area (Å²) in [7, 11) is 0. The molecule has 2 rings (SSSR count). The third kappa shape index (κ3) is 11.3. The molecule has 5 atom stereocenters. The third-order valence-electron chi connectivity index (χ3n) is 6.31. The number of ether oxygens (including phenoxy) is 2. The third-order valence-corrected chi connectivity index (χ3v) is 6.31. The molecule has 1 fully saturated rings. The molecule has 1 aliphatic rings. The highest BCUT2D eigenvalue weighted by atomic mass is 16.6. The largest absolute Gasteiger partial charge is 0.445 e. The Morgan fingerprint density at radius 1 is 1.05 bits per heavy atom. The maximum atomic E-state index is 13.5. The zero-order valence-electron chi connectivity index (χ0n) is 24.3. The lowest BCUT2D eigenvalue weighted by molar-refractivity contribution is -0.136. The van der Waals surface area contributed by atoms with E-state index in [1.165, 1.54) is 0 Å². The second kappa shape index (κ2) is 15.4. The Kier molecular flexibility index (Phi) is 12.6. The van der Waals surface area contributed by atoms with Gasteiger partial charge in [0.15, 0.2) is 0 Å². The van der Waals surface area contributed by atoms with Crippen molar-refractivity contribution >= 4 is 30.1 Å². The predicted octanol–water partition coefficient (Wildman–Crippen LogP) is 2.23. The lowest BCUT2D eigenvalue weighted by Gasteiger charge is -2.32. The Balaban J connectivity index is 2.13. The van der Waals surface area contributed by atoms with Crippen molar-refractivity contribution in [2.75, 3.05) is 6.54 Å². The second-order valence-electron chi connectivity index (χ2n) is 11.6. The fraction of sp³-hybridized carbons (Fsp3) is 0.621. The summed E-state index contributed by atoms with van der Waals surface area (Å²) in [6, 6.07) is 6.08. The van der Waals surface area contributed by atoms with Crippen molar-refractivity contribution in [3.63, 3.8) is 0 Å². The first-order chi connectivity index (χ1) is 18.8. The van der Waals surface area contributed by atoms with Gasteiger partial charge in [0.2, 0.25) is 17.7 Å². The normalized spacial score (nSPS) is 18.2. The maximum absolute atomic E-state index is 13.5. The van der Waals surface area contributed by atoms with E-state index in [0.717, 1.165) is 5.56 Å². The zero-order valence-corrected chi connectivity index (χ0v) is 24.3. The molecule has 0 unspecified atom stereocenters. The average Bonchev–Trinajstić information content (AvgIpc) is 3.28. The molecule has 1 aromatic carbocycles. The number of alkyl carbamates (subject to hydrolysis) is 1. The van der Waals surface area contributed by atoms with Crippen LogP contribution in [0.3, 0.4) is 0 Å². The van der Waals surface area contributed by atoms with Crippen molar-refractivity contribution in [2.45, 2.75) is 97.2 Å². The van der Waals surface area contributed by atoms with E-state index in [4.69, 9.17) is 9.47 Å². The van der Waals surface area contributed by atoms with Crippen molar-refractivity contribution in [3.05, 3.63) is 35.9 Å². The van der Waals surface area contributed by atoms with Crippen LogP contribution in [0.15, 0.2) is 30.3 Å². The number of hydrogen-bond acceptors (Lipinski definition) is 7. The van der Waals surface area contributed by atoms with Crippen LogP contribution < -0.4 is 21.3 Å². The molecule has 1 aromatic rings. The van der Waals surface area contributed by atoms with Crippen LogP contribution in [0.5, 0.6) is 0 Å². The number of hydrogen-bond donors (Lipinski definition) is 4. The van der Waals surface area contributed by atoms with Gasteiger partial charge < -0.3 is 35.5 Å². The van der Waals surface area contributed by atoms with E-state index in [1.807, 2.05) is 65.0 Å². The SMILES string of the molecule is CC(C)C[C@H](NC(=O)[C@@H](NC(=O)OCc1ccccc1)[C@@H](C)OC(C)(C)C)C(=O)N[C@H](C=O)C[C@@H]1CCNC1=O. The molecule has 40 heavy (non-hydrogen) atoms. The Hall–Kier alpha value is -3.47. The van der Waals surface area contributed by atoms with Crippen LogP contribution in [0.1, 0.15) is 66.4 Å². The molecule has 222 valence electrons. The summed E-state index contributed by atoms with van der Waals surface area (Å²) in [6.45, 7) is 11.5. The fourth-order valence-electron chi connectivity index (χ4n) is 4.49. The molecule has 0 radical (unpaired) electrons. The van der Waals surface area contributed by atoms with E-state index in [2.05, 4.69) is 21.3 Å². The van der Waals surface area contributed by atoms with Gasteiger partial charge in [-0.05, 0) is 58.4 Å². The van der Waals surface area contributed by atoms with Gasteiger partial charge in [-0.3, -0.25) is 14.4 Å². The minimum atomic E-state index is -1.17.